The van der Waals surface area contributed by atoms with Gasteiger partial charge in [-0.25, -0.2) is 9.59 Å². The van der Waals surface area contributed by atoms with E-state index in [9.17, 15) is 5.11 Å². The molecule has 2 saturated carbocycles. The van der Waals surface area contributed by atoms with Crippen molar-refractivity contribution in [3.63, 3.8) is 0 Å². The van der Waals surface area contributed by atoms with E-state index in [1.807, 2.05) is 25.2 Å². The fourth-order valence-electron chi connectivity index (χ4n) is 14.5. The summed E-state index contributed by atoms with van der Waals surface area (Å²) in [5.74, 6) is 1.20. The van der Waals surface area contributed by atoms with Crippen molar-refractivity contribution in [3.8, 4) is 16.9 Å². The van der Waals surface area contributed by atoms with Gasteiger partial charge in [-0.1, -0.05) is 86.5 Å². The molecule has 3 aromatic rings. The Morgan fingerprint density at radius 2 is 1.73 bits per heavy atom. The summed E-state index contributed by atoms with van der Waals surface area (Å²) >= 11 is 0. The Morgan fingerprint density at radius 1 is 0.891 bits per heavy atom. The fourth-order valence-corrected chi connectivity index (χ4v) is 14.5. The Kier molecular flexibility index (Phi) is 10.5. The van der Waals surface area contributed by atoms with E-state index in [1.165, 1.54) is 31.2 Å². The molecule has 3 aromatic carbocycles. The van der Waals surface area contributed by atoms with E-state index < -0.39 is 10.8 Å². The second-order valence-electron chi connectivity index (χ2n) is 20.3. The molecular formula is C56H63N3O5. The fraction of sp³-hybridized carbons (Fsp3) is 0.464. The highest BCUT2D eigenvalue weighted by Crippen LogP contribution is 2.77. The number of cyclic esters (lactones) is 2. The predicted molar refractivity (Wildman–Crippen MR) is 250 cm³/mol. The molecule has 8 nitrogen and oxygen atoms in total. The molecule has 332 valence electrons. The molecule has 4 N–H and O–H groups in total. The number of allylic oxidation sites excluding steroid dienone is 6. The smallest absolute Gasteiger partial charge is 0.340 e. The molecule has 3 heterocycles. The monoisotopic (exact) mass is 857 g/mol. The van der Waals surface area contributed by atoms with Crippen molar-refractivity contribution in [1.82, 2.24) is 16.0 Å². The van der Waals surface area contributed by atoms with Crippen LogP contribution in [0.3, 0.4) is 0 Å². The Bertz CT molecular complexity index is 2540. The lowest BCUT2D eigenvalue weighted by molar-refractivity contribution is -0.135. The van der Waals surface area contributed by atoms with E-state index in [2.05, 4.69) is 103 Å². The van der Waals surface area contributed by atoms with Crippen molar-refractivity contribution >= 4 is 17.5 Å². The molecule has 64 heavy (non-hydrogen) atoms. The number of ether oxygens (including phenoxy) is 2. The van der Waals surface area contributed by atoms with Crippen molar-refractivity contribution in [2.24, 2.45) is 39.9 Å². The van der Waals surface area contributed by atoms with Gasteiger partial charge in [0, 0.05) is 22.5 Å². The van der Waals surface area contributed by atoms with Crippen molar-refractivity contribution in [2.45, 2.75) is 103 Å². The zero-order valence-electron chi connectivity index (χ0n) is 37.7. The normalized spacial score (nSPS) is 32.8. The second kappa shape index (κ2) is 16.1. The number of phenolic OH excluding ortho intramolecular Hbond substituents is 1. The Labute approximate surface area is 378 Å². The predicted octanol–water partition coefficient (Wildman–Crippen LogP) is 10.4. The van der Waals surface area contributed by atoms with Crippen LogP contribution >= 0.6 is 0 Å². The van der Waals surface area contributed by atoms with Gasteiger partial charge in [0.05, 0.1) is 23.2 Å². The van der Waals surface area contributed by atoms with Gasteiger partial charge in [-0.2, -0.15) is 0 Å². The summed E-state index contributed by atoms with van der Waals surface area (Å²) in [6, 6.07) is 24.7. The third-order valence-corrected chi connectivity index (χ3v) is 17.5. The van der Waals surface area contributed by atoms with Crippen LogP contribution in [0.15, 0.2) is 125 Å². The van der Waals surface area contributed by atoms with E-state index in [-0.39, 0.29) is 46.9 Å². The summed E-state index contributed by atoms with van der Waals surface area (Å²) in [5, 5.41) is 22.1. The van der Waals surface area contributed by atoms with Crippen LogP contribution in [0.1, 0.15) is 107 Å². The SMILES string of the molecule is CCC(C=C1OC(=O)C2=C3c4cc(O)ccc4-c4cccc(c4)C(NC)C=CC45CCC6=C(C(=O)OC6=CCC6(C7CCNC(NC)C7)CCCC6)C4C12CCC35)Cc1ccccc1. The molecule has 6 aliphatic carbocycles. The van der Waals surface area contributed by atoms with Crippen molar-refractivity contribution < 1.29 is 24.2 Å². The number of benzene rings is 3. The largest absolute Gasteiger partial charge is 0.508 e. The van der Waals surface area contributed by atoms with Gasteiger partial charge in [-0.15, -0.1) is 0 Å². The summed E-state index contributed by atoms with van der Waals surface area (Å²) in [6.45, 7) is 3.22. The first kappa shape index (κ1) is 41.7. The minimum absolute atomic E-state index is 0.0910. The summed E-state index contributed by atoms with van der Waals surface area (Å²) < 4.78 is 13.3. The van der Waals surface area contributed by atoms with Crippen molar-refractivity contribution in [1.29, 1.82) is 0 Å². The molecule has 3 aliphatic heterocycles. The minimum Gasteiger partial charge on any atom is -0.508 e. The number of hydrogen-bond acceptors (Lipinski definition) is 8. The van der Waals surface area contributed by atoms with E-state index in [0.717, 1.165) is 96.2 Å². The summed E-state index contributed by atoms with van der Waals surface area (Å²) in [5.41, 5.74) is 7.37. The maximum atomic E-state index is 15.1. The number of rotatable bonds is 9. The summed E-state index contributed by atoms with van der Waals surface area (Å²) in [7, 11) is 4.06. The average molecular weight is 858 g/mol. The van der Waals surface area contributed by atoms with Gasteiger partial charge < -0.3 is 30.5 Å². The third kappa shape index (κ3) is 6.40. The first-order valence-corrected chi connectivity index (χ1v) is 24.3. The molecule has 2 spiro atoms. The van der Waals surface area contributed by atoms with Crippen LogP contribution in [0, 0.1) is 39.9 Å². The van der Waals surface area contributed by atoms with Gasteiger partial charge in [0.25, 0.3) is 0 Å². The van der Waals surface area contributed by atoms with E-state index >= 15 is 9.59 Å². The lowest BCUT2D eigenvalue weighted by atomic mass is 9.38. The zero-order chi connectivity index (χ0) is 43.8. The van der Waals surface area contributed by atoms with Crippen LogP contribution in [-0.2, 0) is 25.5 Å². The molecule has 0 aromatic heterocycles. The second-order valence-corrected chi connectivity index (χ2v) is 20.3. The van der Waals surface area contributed by atoms with Gasteiger partial charge in [0.2, 0.25) is 0 Å². The number of phenols is 1. The van der Waals surface area contributed by atoms with Crippen molar-refractivity contribution in [2.75, 3.05) is 20.6 Å². The molecule has 12 rings (SSSR count). The zero-order valence-corrected chi connectivity index (χ0v) is 37.7. The number of likely N-dealkylation sites (N-methyl/N-ethyl adjacent to an activating group) is 1. The van der Waals surface area contributed by atoms with Gasteiger partial charge in [0.1, 0.15) is 17.3 Å². The highest BCUT2D eigenvalue weighted by molar-refractivity contribution is 6.08. The number of esters is 2. The van der Waals surface area contributed by atoms with Crippen LogP contribution in [0.4, 0.5) is 0 Å². The quantitative estimate of drug-likeness (QED) is 0.124. The number of nitrogens with one attached hydrogen (secondary N) is 3. The van der Waals surface area contributed by atoms with Crippen LogP contribution in [-0.4, -0.2) is 43.9 Å². The van der Waals surface area contributed by atoms with Gasteiger partial charge in [0.15, 0.2) is 0 Å². The molecule has 0 amide bonds. The van der Waals surface area contributed by atoms with Gasteiger partial charge >= 0.3 is 11.9 Å². The molecule has 6 bridgehead atoms. The molecule has 4 fully saturated rings. The number of carbonyl (C=O) groups excluding carboxylic acids is 2. The van der Waals surface area contributed by atoms with Crippen molar-refractivity contribution in [3.05, 3.63) is 142 Å². The molecule has 8 atom stereocenters. The van der Waals surface area contributed by atoms with Crippen LogP contribution in [0.5, 0.6) is 5.75 Å². The number of piperidine rings is 1. The molecule has 0 radical (unpaired) electrons. The number of hydrogen-bond donors (Lipinski definition) is 4. The average Bonchev–Trinajstić information content (AvgIpc) is 4.02. The molecule has 8 heteroatoms. The lowest BCUT2D eigenvalue weighted by Crippen LogP contribution is -2.58. The highest BCUT2D eigenvalue weighted by Gasteiger charge is 2.73. The molecule has 9 aliphatic rings. The summed E-state index contributed by atoms with van der Waals surface area (Å²) in [4.78, 5) is 30.3. The van der Waals surface area contributed by atoms with Crippen LogP contribution in [0.25, 0.3) is 16.7 Å². The van der Waals surface area contributed by atoms with Gasteiger partial charge in [-0.05, 0) is 178 Å². The number of fused-ring (bicyclic) bond motifs is 5. The lowest BCUT2D eigenvalue weighted by Gasteiger charge is -2.62. The summed E-state index contributed by atoms with van der Waals surface area (Å²) in [6.07, 6.45) is 22.4. The molecule has 8 unspecified atom stereocenters. The van der Waals surface area contributed by atoms with Gasteiger partial charge in [-0.3, -0.25) is 0 Å². The maximum absolute atomic E-state index is 15.1. The Balaban J connectivity index is 1.13. The molecule has 2 saturated heterocycles. The number of carbonyl (C=O) groups is 2. The Morgan fingerprint density at radius 3 is 2.53 bits per heavy atom. The Hall–Kier alpha value is -5.02. The highest BCUT2D eigenvalue weighted by atomic mass is 16.5. The first-order chi connectivity index (χ1) is 31.2. The first-order valence-electron chi connectivity index (χ1n) is 24.3. The maximum Gasteiger partial charge on any atom is 0.340 e. The van der Waals surface area contributed by atoms with E-state index in [0.29, 0.717) is 36.3 Å². The van der Waals surface area contributed by atoms with Crippen LogP contribution in [0.2, 0.25) is 0 Å². The minimum atomic E-state index is -0.917. The topological polar surface area (TPSA) is 109 Å². The number of aromatic hydroxyl groups is 1. The standard InChI is InChI=1S/C56H63N3O5/c1-4-34(29-35-11-6-5-7-12-35)30-46-56-27-18-43-48(50(56)53(62)64-46)42-33-39(60)15-16-40(42)36-13-10-14-37(31-36)44(57-2)19-26-55(43)25-17-41-45(63-52(61)49(41)51(55)56)20-24-54(22-8-9-23-54)38-21-28-59-47(32-38)58-3/h5-7,10-16,19-20,26,30-31,33-34,38,43-44,47,51,57-60H,4,8-9,17-18,21-25,27-29,32H2,1-3H3. The molecular weight excluding hydrogens is 795 g/mol. The van der Waals surface area contributed by atoms with Crippen LogP contribution < -0.4 is 16.0 Å². The third-order valence-electron chi connectivity index (χ3n) is 17.5. The van der Waals surface area contributed by atoms with E-state index in [1.54, 1.807) is 6.07 Å². The van der Waals surface area contributed by atoms with E-state index in [4.69, 9.17) is 9.47 Å².